The van der Waals surface area contributed by atoms with E-state index in [2.05, 4.69) is 35.9 Å². The van der Waals surface area contributed by atoms with E-state index in [-0.39, 0.29) is 0 Å². The van der Waals surface area contributed by atoms with Gasteiger partial charge >= 0.3 is 0 Å². The van der Waals surface area contributed by atoms with Gasteiger partial charge in [0.05, 0.1) is 0 Å². The second-order valence-corrected chi connectivity index (χ2v) is 6.45. The van der Waals surface area contributed by atoms with E-state index in [0.29, 0.717) is 5.41 Å². The lowest BCUT2D eigenvalue weighted by Crippen LogP contribution is -2.47. The average Bonchev–Trinajstić information content (AvgIpc) is 2.27. The summed E-state index contributed by atoms with van der Waals surface area (Å²) < 4.78 is 0. The Hall–Kier alpha value is -0.120. The van der Waals surface area contributed by atoms with Gasteiger partial charge in [0.2, 0.25) is 0 Å². The first-order valence-corrected chi connectivity index (χ1v) is 7.10. The highest BCUT2D eigenvalue weighted by atomic mass is 15.3. The van der Waals surface area contributed by atoms with Gasteiger partial charge in [-0.2, -0.15) is 0 Å². The molecule has 0 unspecified atom stereocenters. The zero-order valence-corrected chi connectivity index (χ0v) is 12.3. The van der Waals surface area contributed by atoms with Gasteiger partial charge in [-0.25, -0.2) is 0 Å². The fourth-order valence-corrected chi connectivity index (χ4v) is 2.21. The third-order valence-corrected chi connectivity index (χ3v) is 3.54. The zero-order chi connectivity index (χ0) is 12.7. The number of nitrogens with zero attached hydrogens (tertiary/aromatic N) is 2. The van der Waals surface area contributed by atoms with Gasteiger partial charge in [0, 0.05) is 26.2 Å². The molecule has 17 heavy (non-hydrogen) atoms. The van der Waals surface area contributed by atoms with Gasteiger partial charge in [0.25, 0.3) is 0 Å². The fourth-order valence-electron chi connectivity index (χ4n) is 2.21. The monoisotopic (exact) mass is 241 g/mol. The Kier molecular flexibility index (Phi) is 6.45. The SMILES string of the molecule is CNCCCN1CCN(CCC(C)(C)C)CC1. The van der Waals surface area contributed by atoms with Gasteiger partial charge in [-0.3, -0.25) is 0 Å². The topological polar surface area (TPSA) is 18.5 Å². The average molecular weight is 241 g/mol. The molecule has 0 amide bonds. The molecule has 3 nitrogen and oxygen atoms in total. The Labute approximate surface area is 108 Å². The van der Waals surface area contributed by atoms with Crippen molar-refractivity contribution in [3.8, 4) is 0 Å². The molecule has 1 N–H and O–H groups in total. The van der Waals surface area contributed by atoms with E-state index in [4.69, 9.17) is 0 Å². The van der Waals surface area contributed by atoms with Crippen LogP contribution in [0, 0.1) is 5.41 Å². The van der Waals surface area contributed by atoms with Crippen LogP contribution in [0.2, 0.25) is 0 Å². The normalized spacial score (nSPS) is 19.8. The summed E-state index contributed by atoms with van der Waals surface area (Å²) in [6, 6.07) is 0. The summed E-state index contributed by atoms with van der Waals surface area (Å²) in [5.74, 6) is 0. The number of nitrogens with one attached hydrogen (secondary N) is 1. The highest BCUT2D eigenvalue weighted by molar-refractivity contribution is 4.74. The van der Waals surface area contributed by atoms with Crippen molar-refractivity contribution in [2.24, 2.45) is 5.41 Å². The molecule has 3 heteroatoms. The van der Waals surface area contributed by atoms with Crippen LogP contribution in [0.4, 0.5) is 0 Å². The minimum atomic E-state index is 0.476. The van der Waals surface area contributed by atoms with Crippen molar-refractivity contribution in [2.75, 3.05) is 52.9 Å². The van der Waals surface area contributed by atoms with E-state index >= 15 is 0 Å². The van der Waals surface area contributed by atoms with Gasteiger partial charge in [0.15, 0.2) is 0 Å². The molecule has 0 aromatic rings. The summed E-state index contributed by atoms with van der Waals surface area (Å²) in [5, 5.41) is 3.22. The molecule has 1 aliphatic heterocycles. The molecule has 0 spiro atoms. The van der Waals surface area contributed by atoms with Crippen LogP contribution >= 0.6 is 0 Å². The highest BCUT2D eigenvalue weighted by Gasteiger charge is 2.18. The Morgan fingerprint density at radius 1 is 0.941 bits per heavy atom. The summed E-state index contributed by atoms with van der Waals surface area (Å²) in [6.07, 6.45) is 2.59. The molecule has 0 atom stereocenters. The summed E-state index contributed by atoms with van der Waals surface area (Å²) in [6.45, 7) is 15.7. The maximum Gasteiger partial charge on any atom is 0.0110 e. The molecule has 0 aliphatic carbocycles. The lowest BCUT2D eigenvalue weighted by atomic mass is 9.92. The lowest BCUT2D eigenvalue weighted by Gasteiger charge is -2.36. The van der Waals surface area contributed by atoms with E-state index in [1.54, 1.807) is 0 Å². The summed E-state index contributed by atoms with van der Waals surface area (Å²) >= 11 is 0. The predicted octanol–water partition coefficient (Wildman–Crippen LogP) is 1.65. The summed E-state index contributed by atoms with van der Waals surface area (Å²) in [4.78, 5) is 5.23. The Morgan fingerprint density at radius 2 is 1.47 bits per heavy atom. The molecule has 1 rings (SSSR count). The van der Waals surface area contributed by atoms with E-state index in [1.807, 2.05) is 7.05 Å². The molecule has 0 aromatic carbocycles. The Balaban J connectivity index is 2.09. The highest BCUT2D eigenvalue weighted by Crippen LogP contribution is 2.19. The van der Waals surface area contributed by atoms with Gasteiger partial charge < -0.3 is 15.1 Å². The van der Waals surface area contributed by atoms with Crippen LogP contribution < -0.4 is 5.32 Å². The van der Waals surface area contributed by atoms with Gasteiger partial charge in [0.1, 0.15) is 0 Å². The standard InChI is InChI=1S/C14H31N3/c1-14(2,3)6-9-17-12-10-16(11-13-17)8-5-7-15-4/h15H,5-13H2,1-4H3. The molecule has 1 heterocycles. The van der Waals surface area contributed by atoms with Crippen molar-refractivity contribution in [3.05, 3.63) is 0 Å². The van der Waals surface area contributed by atoms with Crippen LogP contribution in [0.3, 0.4) is 0 Å². The van der Waals surface area contributed by atoms with Crippen molar-refractivity contribution in [3.63, 3.8) is 0 Å². The molecule has 0 radical (unpaired) electrons. The molecule has 0 aromatic heterocycles. The molecule has 1 aliphatic rings. The van der Waals surface area contributed by atoms with Crippen LogP contribution in [-0.2, 0) is 0 Å². The Morgan fingerprint density at radius 3 is 1.94 bits per heavy atom. The van der Waals surface area contributed by atoms with Gasteiger partial charge in [-0.05, 0) is 44.9 Å². The molecule has 0 bridgehead atoms. The molecule has 0 saturated carbocycles. The summed E-state index contributed by atoms with van der Waals surface area (Å²) in [5.41, 5.74) is 0.476. The fraction of sp³-hybridized carbons (Fsp3) is 1.00. The lowest BCUT2D eigenvalue weighted by molar-refractivity contribution is 0.120. The maximum absolute atomic E-state index is 3.22. The van der Waals surface area contributed by atoms with Crippen LogP contribution in [0.25, 0.3) is 0 Å². The van der Waals surface area contributed by atoms with E-state index in [0.717, 1.165) is 6.54 Å². The van der Waals surface area contributed by atoms with E-state index < -0.39 is 0 Å². The van der Waals surface area contributed by atoms with Crippen molar-refractivity contribution < 1.29 is 0 Å². The van der Waals surface area contributed by atoms with Crippen molar-refractivity contribution in [2.45, 2.75) is 33.6 Å². The van der Waals surface area contributed by atoms with Gasteiger partial charge in [-0.1, -0.05) is 20.8 Å². The summed E-state index contributed by atoms with van der Waals surface area (Å²) in [7, 11) is 2.03. The number of hydrogen-bond acceptors (Lipinski definition) is 3. The first kappa shape index (κ1) is 14.9. The maximum atomic E-state index is 3.22. The molecule has 1 saturated heterocycles. The minimum Gasteiger partial charge on any atom is -0.320 e. The van der Waals surface area contributed by atoms with Crippen molar-refractivity contribution in [1.29, 1.82) is 0 Å². The first-order valence-electron chi connectivity index (χ1n) is 7.10. The minimum absolute atomic E-state index is 0.476. The van der Waals surface area contributed by atoms with E-state index in [9.17, 15) is 0 Å². The van der Waals surface area contributed by atoms with Crippen LogP contribution in [-0.4, -0.2) is 62.7 Å². The zero-order valence-electron chi connectivity index (χ0n) is 12.3. The molecule has 1 fully saturated rings. The number of rotatable bonds is 6. The first-order chi connectivity index (χ1) is 8.01. The second-order valence-electron chi connectivity index (χ2n) is 6.45. The quantitative estimate of drug-likeness (QED) is 0.713. The van der Waals surface area contributed by atoms with Gasteiger partial charge in [-0.15, -0.1) is 0 Å². The van der Waals surface area contributed by atoms with E-state index in [1.165, 1.54) is 52.1 Å². The molecule has 102 valence electrons. The smallest absolute Gasteiger partial charge is 0.0110 e. The third-order valence-electron chi connectivity index (χ3n) is 3.54. The van der Waals surface area contributed by atoms with Crippen molar-refractivity contribution >= 4 is 0 Å². The largest absolute Gasteiger partial charge is 0.320 e. The van der Waals surface area contributed by atoms with Crippen LogP contribution in [0.1, 0.15) is 33.6 Å². The Bertz CT molecular complexity index is 190. The second kappa shape index (κ2) is 7.34. The van der Waals surface area contributed by atoms with Crippen molar-refractivity contribution in [1.82, 2.24) is 15.1 Å². The van der Waals surface area contributed by atoms with Crippen LogP contribution in [0.5, 0.6) is 0 Å². The number of hydrogen-bond donors (Lipinski definition) is 1. The third kappa shape index (κ3) is 7.02. The molecular weight excluding hydrogens is 210 g/mol. The molecular formula is C14H31N3. The predicted molar refractivity (Wildman–Crippen MR) is 75.5 cm³/mol. The van der Waals surface area contributed by atoms with Crippen LogP contribution in [0.15, 0.2) is 0 Å². The number of piperazine rings is 1.